The van der Waals surface area contributed by atoms with E-state index in [1.165, 1.54) is 6.26 Å². The van der Waals surface area contributed by atoms with E-state index in [2.05, 4.69) is 15.6 Å². The number of carbonyl (C=O) groups excluding carboxylic acids is 3. The van der Waals surface area contributed by atoms with E-state index in [0.29, 0.717) is 5.69 Å². The number of hydrogen-bond donors (Lipinski definition) is 4. The van der Waals surface area contributed by atoms with Gasteiger partial charge >= 0.3 is 24.3 Å². The van der Waals surface area contributed by atoms with Crippen LogP contribution in [0.1, 0.15) is 27.2 Å². The van der Waals surface area contributed by atoms with Crippen LogP contribution in [0.2, 0.25) is 0 Å². The maximum atomic E-state index is 12.5. The van der Waals surface area contributed by atoms with E-state index in [1.54, 1.807) is 36.4 Å². The lowest BCUT2D eigenvalue weighted by atomic mass is 10.0. The van der Waals surface area contributed by atoms with Crippen LogP contribution in [-0.2, 0) is 33.9 Å². The lowest BCUT2D eigenvalue weighted by molar-refractivity contribution is -0.192. The van der Waals surface area contributed by atoms with E-state index in [4.69, 9.17) is 29.5 Å². The Bertz CT molecular complexity index is 1570. The van der Waals surface area contributed by atoms with E-state index in [0.717, 1.165) is 16.7 Å². The minimum absolute atomic E-state index is 0.0318. The molecule has 0 saturated carbocycles. The van der Waals surface area contributed by atoms with Crippen molar-refractivity contribution in [2.45, 2.75) is 31.9 Å². The quantitative estimate of drug-likeness (QED) is 0.103. The van der Waals surface area contributed by atoms with Crippen LogP contribution in [0.25, 0.3) is 0 Å². The molecular weight excluding hydrogens is 625 g/mol. The molecule has 0 fully saturated rings. The zero-order chi connectivity index (χ0) is 34.2. The predicted octanol–water partition coefficient (Wildman–Crippen LogP) is 5.51. The minimum Gasteiger partial charge on any atom is -0.475 e. The number of guanidine groups is 1. The number of nitrogens with two attached hydrogens (primary N) is 1. The molecule has 0 saturated heterocycles. The molecule has 5 N–H and O–H groups in total. The molecule has 0 aliphatic heterocycles. The number of alkyl carbamates (subject to hydrolysis) is 2. The number of Topliss-reactive ketones (excluding diaryl/α,β-unsaturated/α-hetero) is 1. The molecule has 4 rings (SSSR count). The van der Waals surface area contributed by atoms with E-state index >= 15 is 0 Å². The van der Waals surface area contributed by atoms with Gasteiger partial charge in [0.15, 0.2) is 5.76 Å². The Morgan fingerprint density at radius 2 is 1.26 bits per heavy atom. The second-order valence-electron chi connectivity index (χ2n) is 9.46. The molecule has 0 aliphatic rings. The third-order valence-corrected chi connectivity index (χ3v) is 5.84. The molecular formula is C32H29F3N4O8. The van der Waals surface area contributed by atoms with E-state index in [-0.39, 0.29) is 37.1 Å². The summed E-state index contributed by atoms with van der Waals surface area (Å²) >= 11 is 0. The van der Waals surface area contributed by atoms with E-state index in [1.807, 2.05) is 60.7 Å². The average Bonchev–Trinajstić information content (AvgIpc) is 3.59. The summed E-state index contributed by atoms with van der Waals surface area (Å²) in [6.45, 7) is 0.0637. The average molecular weight is 655 g/mol. The van der Waals surface area contributed by atoms with Crippen LogP contribution in [0.3, 0.4) is 0 Å². The first kappa shape index (κ1) is 35.5. The number of amides is 2. The number of nitrogens with zero attached hydrogens (tertiary/aromatic N) is 1. The maximum absolute atomic E-state index is 12.5. The first-order valence-corrected chi connectivity index (χ1v) is 13.7. The number of carboxylic acid groups (broad SMARTS) is 1. The molecule has 0 spiro atoms. The highest BCUT2D eigenvalue weighted by atomic mass is 19.4. The number of ketones is 1. The van der Waals surface area contributed by atoms with Crippen LogP contribution in [0.4, 0.5) is 28.4 Å². The van der Waals surface area contributed by atoms with Crippen molar-refractivity contribution < 1.29 is 51.3 Å². The molecule has 1 heterocycles. The second kappa shape index (κ2) is 17.5. The number of aliphatic imine (C=N–C) groups is 1. The first-order chi connectivity index (χ1) is 22.4. The topological polar surface area (TPSA) is 183 Å². The minimum atomic E-state index is -5.08. The zero-order valence-electron chi connectivity index (χ0n) is 24.5. The highest BCUT2D eigenvalue weighted by Gasteiger charge is 2.38. The van der Waals surface area contributed by atoms with Crippen LogP contribution < -0.4 is 16.4 Å². The molecule has 1 atom stereocenters. The molecule has 246 valence electrons. The molecule has 1 aromatic heterocycles. The van der Waals surface area contributed by atoms with E-state index in [9.17, 15) is 27.6 Å². The van der Waals surface area contributed by atoms with Crippen molar-refractivity contribution in [3.63, 3.8) is 0 Å². The SMILES string of the molecule is N[C@@H](Cc1ccc(N=C(NC(=O)OCc2ccccc2)NC(=O)OCc2ccccc2)cc1)C(=O)c1ccco1.O=C(O)C(F)(F)F. The van der Waals surface area contributed by atoms with Gasteiger partial charge in [-0.05, 0) is 47.4 Å². The van der Waals surface area contributed by atoms with Gasteiger partial charge in [-0.1, -0.05) is 72.8 Å². The van der Waals surface area contributed by atoms with Crippen molar-refractivity contribution in [3.05, 3.63) is 126 Å². The van der Waals surface area contributed by atoms with Gasteiger partial charge in [0.2, 0.25) is 11.7 Å². The van der Waals surface area contributed by atoms with Crippen molar-refractivity contribution in [1.29, 1.82) is 0 Å². The lowest BCUT2D eigenvalue weighted by Crippen LogP contribution is -2.44. The summed E-state index contributed by atoms with van der Waals surface area (Å²) in [5.74, 6) is -3.04. The van der Waals surface area contributed by atoms with Crippen molar-refractivity contribution in [1.82, 2.24) is 10.6 Å². The number of nitrogens with one attached hydrogen (secondary N) is 2. The molecule has 15 heteroatoms. The van der Waals surface area contributed by atoms with Gasteiger partial charge in [0.05, 0.1) is 18.0 Å². The summed E-state index contributed by atoms with van der Waals surface area (Å²) in [6, 6.07) is 27.5. The number of carboxylic acids is 1. The molecule has 0 bridgehead atoms. The summed E-state index contributed by atoms with van der Waals surface area (Å²) < 4.78 is 47.4. The summed E-state index contributed by atoms with van der Waals surface area (Å²) in [6.07, 6.45) is -5.01. The van der Waals surface area contributed by atoms with Gasteiger partial charge in [-0.2, -0.15) is 13.2 Å². The van der Waals surface area contributed by atoms with Gasteiger partial charge < -0.3 is 24.7 Å². The maximum Gasteiger partial charge on any atom is 0.490 e. The Balaban J connectivity index is 0.000000771. The molecule has 12 nitrogen and oxygen atoms in total. The summed E-state index contributed by atoms with van der Waals surface area (Å²) in [7, 11) is 0. The standard InChI is InChI=1S/C30H28N4O6.C2HF3O2/c31-25(27(35)26-12-7-17-38-26)18-21-13-15-24(16-14-21)32-28(33-29(36)39-19-22-8-3-1-4-9-22)34-30(37)40-20-23-10-5-2-6-11-23;3-2(4,5)1(6)7/h1-17,25H,18-20,31H2,(H2,32,33,34,36,37);(H,6,7)/t25-;/m0./s1. The normalized spacial score (nSPS) is 11.1. The molecule has 4 aromatic rings. The molecule has 0 radical (unpaired) electrons. The smallest absolute Gasteiger partial charge is 0.475 e. The predicted molar refractivity (Wildman–Crippen MR) is 161 cm³/mol. The zero-order valence-corrected chi connectivity index (χ0v) is 24.5. The molecule has 3 aromatic carbocycles. The van der Waals surface area contributed by atoms with Crippen LogP contribution in [0.15, 0.2) is 113 Å². The Morgan fingerprint density at radius 1 is 0.766 bits per heavy atom. The second-order valence-corrected chi connectivity index (χ2v) is 9.46. The van der Waals surface area contributed by atoms with Gasteiger partial charge in [0, 0.05) is 0 Å². The number of furan rings is 1. The Kier molecular flexibility index (Phi) is 13.2. The number of aliphatic carboxylic acids is 1. The fraction of sp³-hybridized carbons (Fsp3) is 0.156. The number of halogens is 3. The van der Waals surface area contributed by atoms with Crippen molar-refractivity contribution in [2.75, 3.05) is 0 Å². The molecule has 47 heavy (non-hydrogen) atoms. The Hall–Kier alpha value is -5.96. The van der Waals surface area contributed by atoms with Crippen LogP contribution in [-0.4, -0.2) is 47.2 Å². The van der Waals surface area contributed by atoms with Gasteiger partial charge in [0.1, 0.15) is 13.2 Å². The number of hydrogen-bond acceptors (Lipinski definition) is 9. The van der Waals surface area contributed by atoms with Gasteiger partial charge in [0.25, 0.3) is 0 Å². The third kappa shape index (κ3) is 12.9. The third-order valence-electron chi connectivity index (χ3n) is 5.84. The summed E-state index contributed by atoms with van der Waals surface area (Å²) in [4.78, 5) is 50.5. The van der Waals surface area contributed by atoms with Crippen molar-refractivity contribution >= 4 is 35.6 Å². The van der Waals surface area contributed by atoms with Gasteiger partial charge in [-0.3, -0.25) is 15.4 Å². The Morgan fingerprint density at radius 3 is 1.68 bits per heavy atom. The lowest BCUT2D eigenvalue weighted by Gasteiger charge is -2.12. The van der Waals surface area contributed by atoms with Crippen LogP contribution in [0, 0.1) is 0 Å². The number of ether oxygens (including phenoxy) is 2. The monoisotopic (exact) mass is 654 g/mol. The van der Waals surface area contributed by atoms with Crippen LogP contribution >= 0.6 is 0 Å². The van der Waals surface area contributed by atoms with Crippen molar-refractivity contribution in [3.8, 4) is 0 Å². The summed E-state index contributed by atoms with van der Waals surface area (Å²) in [5.41, 5.74) is 8.85. The number of alkyl halides is 3. The largest absolute Gasteiger partial charge is 0.490 e. The Labute approximate surface area is 266 Å². The highest BCUT2D eigenvalue weighted by molar-refractivity contribution is 6.02. The fourth-order valence-electron chi connectivity index (χ4n) is 3.58. The molecule has 0 aliphatic carbocycles. The van der Waals surface area contributed by atoms with Gasteiger partial charge in [-0.15, -0.1) is 0 Å². The summed E-state index contributed by atoms with van der Waals surface area (Å²) in [5, 5.41) is 12.0. The fourth-order valence-corrected chi connectivity index (χ4v) is 3.58. The number of benzene rings is 3. The highest BCUT2D eigenvalue weighted by Crippen LogP contribution is 2.16. The number of rotatable bonds is 9. The number of carbonyl (C=O) groups is 4. The molecule has 0 unspecified atom stereocenters. The first-order valence-electron chi connectivity index (χ1n) is 13.7. The van der Waals surface area contributed by atoms with Crippen molar-refractivity contribution in [2.24, 2.45) is 10.7 Å². The van der Waals surface area contributed by atoms with Crippen LogP contribution in [0.5, 0.6) is 0 Å². The van der Waals surface area contributed by atoms with E-state index < -0.39 is 30.4 Å². The van der Waals surface area contributed by atoms with Gasteiger partial charge in [-0.25, -0.2) is 19.4 Å². The molecule has 2 amide bonds.